The third-order valence-electron chi connectivity index (χ3n) is 14.2. The van der Waals surface area contributed by atoms with Crippen LogP contribution in [0.25, 0.3) is 72.0 Å². The number of nitrogens with zero attached hydrogens (tertiary/aromatic N) is 2. The van der Waals surface area contributed by atoms with Gasteiger partial charge in [-0.2, -0.15) is 0 Å². The molecule has 2 nitrogen and oxygen atoms in total. The molecule has 1 aliphatic rings. The quantitative estimate of drug-likeness (QED) is 0.140. The molecule has 11 aromatic carbocycles. The van der Waals surface area contributed by atoms with Crippen molar-refractivity contribution in [3.63, 3.8) is 0 Å². The Bertz CT molecular complexity index is 3720. The van der Waals surface area contributed by atoms with Gasteiger partial charge in [0.25, 0.3) is 0 Å². The van der Waals surface area contributed by atoms with Crippen LogP contribution in [0.2, 0.25) is 0 Å². The highest BCUT2D eigenvalue weighted by Crippen LogP contribution is 2.58. The van der Waals surface area contributed by atoms with Crippen LogP contribution in [-0.2, 0) is 5.41 Å². The fourth-order valence-corrected chi connectivity index (χ4v) is 11.3. The average Bonchev–Trinajstić information content (AvgIpc) is 3.93. The summed E-state index contributed by atoms with van der Waals surface area (Å²) < 4.78 is 2.52. The lowest BCUT2D eigenvalue weighted by molar-refractivity contribution is 0.768. The van der Waals surface area contributed by atoms with Gasteiger partial charge in [0.1, 0.15) is 0 Å². The van der Waals surface area contributed by atoms with E-state index in [2.05, 4.69) is 289 Å². The van der Waals surface area contributed by atoms with Gasteiger partial charge >= 0.3 is 0 Å². The maximum Gasteiger partial charge on any atom is 0.0714 e. The number of benzene rings is 11. The van der Waals surface area contributed by atoms with Gasteiger partial charge in [-0.1, -0.05) is 218 Å². The van der Waals surface area contributed by atoms with Crippen molar-refractivity contribution in [2.75, 3.05) is 4.90 Å². The second-order valence-electron chi connectivity index (χ2n) is 18.0. The first-order chi connectivity index (χ1) is 34.2. The molecular formula is C67H46N2. The van der Waals surface area contributed by atoms with Crippen LogP contribution < -0.4 is 4.90 Å². The molecule has 0 radical (unpaired) electrons. The van der Waals surface area contributed by atoms with E-state index < -0.39 is 5.41 Å². The third kappa shape index (κ3) is 6.64. The Labute approximate surface area is 403 Å². The summed E-state index contributed by atoms with van der Waals surface area (Å²) in [6.07, 6.45) is 0. The minimum atomic E-state index is -0.498. The van der Waals surface area contributed by atoms with E-state index in [-0.39, 0.29) is 0 Å². The number of hydrogen-bond donors (Lipinski definition) is 0. The summed E-state index contributed by atoms with van der Waals surface area (Å²) in [4.78, 5) is 2.40. The second-order valence-corrected chi connectivity index (χ2v) is 18.0. The molecular weight excluding hydrogens is 833 g/mol. The summed E-state index contributed by atoms with van der Waals surface area (Å²) in [5.74, 6) is 0. The molecule has 12 aromatic rings. The lowest BCUT2D eigenvalue weighted by atomic mass is 9.68. The molecule has 324 valence electrons. The van der Waals surface area contributed by atoms with Crippen LogP contribution in [-0.4, -0.2) is 4.57 Å². The van der Waals surface area contributed by atoms with Gasteiger partial charge in [-0.25, -0.2) is 0 Å². The largest absolute Gasteiger partial charge is 0.310 e. The zero-order chi connectivity index (χ0) is 45.7. The second kappa shape index (κ2) is 16.7. The fourth-order valence-electron chi connectivity index (χ4n) is 11.3. The summed E-state index contributed by atoms with van der Waals surface area (Å²) in [6, 6.07) is 102. The van der Waals surface area contributed by atoms with E-state index in [0.717, 1.165) is 28.2 Å². The Kier molecular flexibility index (Phi) is 9.77. The van der Waals surface area contributed by atoms with Crippen molar-refractivity contribution in [3.05, 3.63) is 301 Å². The van der Waals surface area contributed by atoms with Gasteiger partial charge in [-0.3, -0.25) is 0 Å². The van der Waals surface area contributed by atoms with Crippen LogP contribution in [0.3, 0.4) is 0 Å². The fraction of sp³-hybridized carbons (Fsp3) is 0.0149. The van der Waals surface area contributed by atoms with Gasteiger partial charge in [0.2, 0.25) is 0 Å². The number of hydrogen-bond acceptors (Lipinski definition) is 1. The molecule has 0 fully saturated rings. The summed E-state index contributed by atoms with van der Waals surface area (Å²) in [6.45, 7) is 0. The maximum absolute atomic E-state index is 2.52. The van der Waals surface area contributed by atoms with Crippen LogP contribution in [0.5, 0.6) is 0 Å². The maximum atomic E-state index is 2.52. The van der Waals surface area contributed by atoms with Gasteiger partial charge in [0, 0.05) is 33.4 Å². The minimum absolute atomic E-state index is 0.498. The lowest BCUT2D eigenvalue weighted by Crippen LogP contribution is -2.28. The summed E-state index contributed by atoms with van der Waals surface area (Å²) in [5, 5.41) is 2.46. The number of fused-ring (bicyclic) bond motifs is 6. The predicted molar refractivity (Wildman–Crippen MR) is 289 cm³/mol. The zero-order valence-corrected chi connectivity index (χ0v) is 38.0. The van der Waals surface area contributed by atoms with Gasteiger partial charge in [0.05, 0.1) is 22.1 Å². The summed E-state index contributed by atoms with van der Waals surface area (Å²) in [7, 11) is 0. The molecule has 13 rings (SSSR count). The first kappa shape index (κ1) is 40.3. The van der Waals surface area contributed by atoms with Crippen molar-refractivity contribution in [1.82, 2.24) is 4.57 Å². The summed E-state index contributed by atoms with van der Waals surface area (Å²) in [5.41, 5.74) is 20.9. The first-order valence-electron chi connectivity index (χ1n) is 23.8. The Morgan fingerprint density at radius 1 is 0.290 bits per heavy atom. The van der Waals surface area contributed by atoms with Crippen molar-refractivity contribution in [2.24, 2.45) is 0 Å². The highest BCUT2D eigenvalue weighted by molar-refractivity contribution is 6.11. The Morgan fingerprint density at radius 2 is 0.783 bits per heavy atom. The van der Waals surface area contributed by atoms with E-state index in [9.17, 15) is 0 Å². The van der Waals surface area contributed by atoms with Crippen molar-refractivity contribution < 1.29 is 0 Å². The molecule has 1 heterocycles. The van der Waals surface area contributed by atoms with E-state index in [1.54, 1.807) is 0 Å². The normalized spacial score (nSPS) is 12.5. The molecule has 0 spiro atoms. The SMILES string of the molecule is c1ccc(-c2cc(-c3ccccc3)cc(N(c3ccccc3)c3cccc(-c4ccc5c6ccccc6n(-c6cccc7c6-c6ccccc6C7(c6ccccc6)c6ccccc6)c5c4)c3)c2)cc1. The van der Waals surface area contributed by atoms with Crippen LogP contribution in [0.1, 0.15) is 22.3 Å². The predicted octanol–water partition coefficient (Wildman–Crippen LogP) is 17.6. The van der Waals surface area contributed by atoms with Gasteiger partial charge in [-0.05, 0) is 122 Å². The molecule has 0 saturated heterocycles. The number of rotatable bonds is 9. The Morgan fingerprint density at radius 3 is 1.46 bits per heavy atom. The zero-order valence-electron chi connectivity index (χ0n) is 38.0. The highest BCUT2D eigenvalue weighted by atomic mass is 15.1. The Hall–Kier alpha value is -8.98. The molecule has 2 heteroatoms. The van der Waals surface area contributed by atoms with Crippen molar-refractivity contribution in [2.45, 2.75) is 5.41 Å². The molecule has 0 saturated carbocycles. The van der Waals surface area contributed by atoms with E-state index >= 15 is 0 Å². The smallest absolute Gasteiger partial charge is 0.0714 e. The number of para-hydroxylation sites is 2. The van der Waals surface area contributed by atoms with E-state index in [4.69, 9.17) is 0 Å². The van der Waals surface area contributed by atoms with Crippen LogP contribution in [0, 0.1) is 0 Å². The molecule has 0 bridgehead atoms. The highest BCUT2D eigenvalue weighted by Gasteiger charge is 2.47. The van der Waals surface area contributed by atoms with E-state index in [0.29, 0.717) is 0 Å². The standard InChI is InChI=1S/C67H46N2/c1-6-22-47(23-7-1)51-42-52(48-24-8-2-9-25-48)45-57(44-51)68(55-31-14-5-15-32-55)56-33-20-26-49(43-56)50-40-41-59-58-34-17-19-38-63(58)69(65(59)46-50)64-39-21-37-62-66(64)60-35-16-18-36-61(60)67(62,53-27-10-3-11-28-53)54-29-12-4-13-30-54/h1-46H. The van der Waals surface area contributed by atoms with Gasteiger partial charge < -0.3 is 9.47 Å². The van der Waals surface area contributed by atoms with Crippen LogP contribution in [0.15, 0.2) is 279 Å². The molecule has 1 aliphatic carbocycles. The van der Waals surface area contributed by atoms with Crippen molar-refractivity contribution in [1.29, 1.82) is 0 Å². The monoisotopic (exact) mass is 878 g/mol. The molecule has 0 atom stereocenters. The molecule has 0 amide bonds. The van der Waals surface area contributed by atoms with E-state index in [1.807, 2.05) is 0 Å². The average molecular weight is 879 g/mol. The molecule has 0 aliphatic heterocycles. The van der Waals surface area contributed by atoms with Crippen LogP contribution >= 0.6 is 0 Å². The molecule has 0 N–H and O–H groups in total. The molecule has 0 unspecified atom stereocenters. The number of aromatic nitrogens is 1. The minimum Gasteiger partial charge on any atom is -0.310 e. The topological polar surface area (TPSA) is 8.17 Å². The lowest BCUT2D eigenvalue weighted by Gasteiger charge is -2.34. The number of anilines is 3. The first-order valence-corrected chi connectivity index (χ1v) is 23.8. The van der Waals surface area contributed by atoms with Crippen molar-refractivity contribution in [3.8, 4) is 50.2 Å². The Balaban J connectivity index is 1.01. The third-order valence-corrected chi connectivity index (χ3v) is 14.2. The van der Waals surface area contributed by atoms with Crippen LogP contribution in [0.4, 0.5) is 17.1 Å². The van der Waals surface area contributed by atoms with Gasteiger partial charge in [-0.15, -0.1) is 0 Å². The molecule has 69 heavy (non-hydrogen) atoms. The van der Waals surface area contributed by atoms with E-state index in [1.165, 1.54) is 83.1 Å². The summed E-state index contributed by atoms with van der Waals surface area (Å²) >= 11 is 0. The molecule has 1 aromatic heterocycles. The van der Waals surface area contributed by atoms with Crippen molar-refractivity contribution >= 4 is 38.9 Å². The van der Waals surface area contributed by atoms with Gasteiger partial charge in [0.15, 0.2) is 0 Å².